The number of unbranched alkanes of at least 4 members (excludes halogenated alkanes) is 1. The number of aliphatic carboxylic acids is 1. The lowest BCUT2D eigenvalue weighted by molar-refractivity contribution is -0.137. The fraction of sp³-hybridized carbons (Fsp3) is 0.700. The summed E-state index contributed by atoms with van der Waals surface area (Å²) in [6, 6.07) is 0. The Morgan fingerprint density at radius 1 is 1.62 bits per heavy atom. The van der Waals surface area contributed by atoms with Crippen molar-refractivity contribution in [3.05, 3.63) is 0 Å². The van der Waals surface area contributed by atoms with Gasteiger partial charge in [-0.1, -0.05) is 13.8 Å². The maximum absolute atomic E-state index is 10.7. The minimum Gasteiger partial charge on any atom is -0.480 e. The predicted molar refractivity (Wildman–Crippen MR) is 56.8 cm³/mol. The molecule has 13 heavy (non-hydrogen) atoms. The van der Waals surface area contributed by atoms with E-state index >= 15 is 0 Å². The molecule has 1 atom stereocenters. The van der Waals surface area contributed by atoms with Crippen LogP contribution in [0.5, 0.6) is 0 Å². The van der Waals surface area contributed by atoms with Crippen LogP contribution in [0.25, 0.3) is 0 Å². The third-order valence-corrected chi connectivity index (χ3v) is 3.24. The second kappa shape index (κ2) is 6.85. The molecule has 0 heterocycles. The molecule has 0 aliphatic rings. The highest BCUT2D eigenvalue weighted by Crippen LogP contribution is 2.20. The number of hydrogen-bond acceptors (Lipinski definition) is 2. The van der Waals surface area contributed by atoms with Crippen LogP contribution >= 0.6 is 11.8 Å². The van der Waals surface area contributed by atoms with Crippen molar-refractivity contribution in [2.45, 2.75) is 31.9 Å². The van der Waals surface area contributed by atoms with E-state index in [0.29, 0.717) is 0 Å². The lowest BCUT2D eigenvalue weighted by Gasteiger charge is -2.14. The molecule has 0 rings (SSSR count). The highest BCUT2D eigenvalue weighted by atomic mass is 32.2. The molecular formula is C10H16O2S. The van der Waals surface area contributed by atoms with Gasteiger partial charge in [0, 0.05) is 6.42 Å². The smallest absolute Gasteiger partial charge is 0.316 e. The molecule has 3 heteroatoms. The number of rotatable bonds is 6. The monoisotopic (exact) mass is 200 g/mol. The second-order valence-corrected chi connectivity index (χ2v) is 4.43. The van der Waals surface area contributed by atoms with Crippen LogP contribution in [-0.4, -0.2) is 22.1 Å². The number of thioether (sulfide) groups is 1. The van der Waals surface area contributed by atoms with E-state index in [2.05, 4.69) is 5.92 Å². The summed E-state index contributed by atoms with van der Waals surface area (Å²) in [4.78, 5) is 10.7. The van der Waals surface area contributed by atoms with E-state index in [1.165, 1.54) is 11.8 Å². The molecule has 0 aliphatic carbocycles. The van der Waals surface area contributed by atoms with Crippen LogP contribution < -0.4 is 0 Å². The Morgan fingerprint density at radius 3 is 2.62 bits per heavy atom. The summed E-state index contributed by atoms with van der Waals surface area (Å²) in [5.41, 5.74) is 0. The third kappa shape index (κ3) is 5.59. The van der Waals surface area contributed by atoms with Gasteiger partial charge in [0.25, 0.3) is 0 Å². The molecule has 1 N–H and O–H groups in total. The maximum atomic E-state index is 10.7. The first-order valence-electron chi connectivity index (χ1n) is 4.37. The first-order valence-corrected chi connectivity index (χ1v) is 5.42. The zero-order valence-electron chi connectivity index (χ0n) is 8.12. The van der Waals surface area contributed by atoms with Crippen molar-refractivity contribution in [2.24, 2.45) is 5.92 Å². The van der Waals surface area contributed by atoms with Gasteiger partial charge in [-0.05, 0) is 18.1 Å². The van der Waals surface area contributed by atoms with Crippen molar-refractivity contribution in [1.29, 1.82) is 0 Å². The average molecular weight is 200 g/mol. The number of carboxylic acid groups (broad SMARTS) is 1. The Balaban J connectivity index is 3.72. The van der Waals surface area contributed by atoms with Gasteiger partial charge < -0.3 is 5.11 Å². The number of carbonyl (C=O) groups is 1. The molecule has 0 aliphatic heterocycles. The van der Waals surface area contributed by atoms with Crippen LogP contribution in [0.4, 0.5) is 0 Å². The Kier molecular flexibility index (Phi) is 6.52. The molecule has 0 aromatic carbocycles. The highest BCUT2D eigenvalue weighted by molar-refractivity contribution is 8.00. The van der Waals surface area contributed by atoms with Gasteiger partial charge in [-0.3, -0.25) is 4.79 Å². The Labute approximate surface area is 84.1 Å². The Hall–Kier alpha value is -0.620. The number of terminal acetylenes is 1. The van der Waals surface area contributed by atoms with Crippen LogP contribution in [0.15, 0.2) is 0 Å². The number of hydrogen-bond donors (Lipinski definition) is 1. The zero-order chi connectivity index (χ0) is 10.3. The van der Waals surface area contributed by atoms with Crippen molar-refractivity contribution < 1.29 is 9.90 Å². The van der Waals surface area contributed by atoms with E-state index in [1.807, 2.05) is 13.8 Å². The molecule has 0 aromatic rings. The van der Waals surface area contributed by atoms with Gasteiger partial charge >= 0.3 is 5.97 Å². The minimum absolute atomic E-state index is 0.174. The third-order valence-electron chi connectivity index (χ3n) is 1.61. The molecule has 74 valence electrons. The van der Waals surface area contributed by atoms with Gasteiger partial charge in [-0.25, -0.2) is 0 Å². The van der Waals surface area contributed by atoms with E-state index in [0.717, 1.165) is 18.6 Å². The zero-order valence-corrected chi connectivity index (χ0v) is 8.93. The summed E-state index contributed by atoms with van der Waals surface area (Å²) < 4.78 is 0. The summed E-state index contributed by atoms with van der Waals surface area (Å²) in [6.07, 6.45) is 6.72. The Bertz CT molecular complexity index is 194. The van der Waals surface area contributed by atoms with Gasteiger partial charge in [0.2, 0.25) is 0 Å². The van der Waals surface area contributed by atoms with Gasteiger partial charge in [0.1, 0.15) is 5.25 Å². The van der Waals surface area contributed by atoms with E-state index in [4.69, 9.17) is 11.5 Å². The van der Waals surface area contributed by atoms with Crippen LogP contribution in [0, 0.1) is 18.3 Å². The lowest BCUT2D eigenvalue weighted by atomic mass is 10.1. The molecule has 0 amide bonds. The van der Waals surface area contributed by atoms with Crippen LogP contribution in [-0.2, 0) is 4.79 Å². The summed E-state index contributed by atoms with van der Waals surface area (Å²) in [7, 11) is 0. The van der Waals surface area contributed by atoms with Crippen molar-refractivity contribution in [3.63, 3.8) is 0 Å². The summed E-state index contributed by atoms with van der Waals surface area (Å²) >= 11 is 1.48. The van der Waals surface area contributed by atoms with E-state index in [1.54, 1.807) is 0 Å². The van der Waals surface area contributed by atoms with Crippen LogP contribution in [0.2, 0.25) is 0 Å². The fourth-order valence-electron chi connectivity index (χ4n) is 0.933. The van der Waals surface area contributed by atoms with Gasteiger partial charge in [0.05, 0.1) is 0 Å². The minimum atomic E-state index is -0.722. The molecule has 0 saturated carbocycles. The molecule has 2 nitrogen and oxygen atoms in total. The molecule has 0 aromatic heterocycles. The largest absolute Gasteiger partial charge is 0.480 e. The summed E-state index contributed by atoms with van der Waals surface area (Å²) in [5, 5.41) is 8.55. The maximum Gasteiger partial charge on any atom is 0.316 e. The van der Waals surface area contributed by atoms with Crippen molar-refractivity contribution >= 4 is 17.7 Å². The predicted octanol–water partition coefficient (Wildman–Crippen LogP) is 2.24. The first kappa shape index (κ1) is 12.4. The number of carboxylic acids is 1. The van der Waals surface area contributed by atoms with Crippen molar-refractivity contribution in [2.75, 3.05) is 5.75 Å². The van der Waals surface area contributed by atoms with Gasteiger partial charge in [-0.2, -0.15) is 0 Å². The molecule has 0 fully saturated rings. The molecule has 1 unspecified atom stereocenters. The first-order chi connectivity index (χ1) is 6.09. The van der Waals surface area contributed by atoms with E-state index in [-0.39, 0.29) is 11.2 Å². The molecule has 0 saturated heterocycles. The van der Waals surface area contributed by atoms with Crippen molar-refractivity contribution in [3.8, 4) is 12.3 Å². The topological polar surface area (TPSA) is 37.3 Å². The van der Waals surface area contributed by atoms with Gasteiger partial charge in [0.15, 0.2) is 0 Å². The molecule has 0 spiro atoms. The fourth-order valence-corrected chi connectivity index (χ4v) is 2.03. The van der Waals surface area contributed by atoms with Crippen LogP contribution in [0.1, 0.15) is 26.7 Å². The van der Waals surface area contributed by atoms with Gasteiger partial charge in [-0.15, -0.1) is 24.1 Å². The Morgan fingerprint density at radius 2 is 2.23 bits per heavy atom. The quantitative estimate of drug-likeness (QED) is 0.528. The van der Waals surface area contributed by atoms with Crippen LogP contribution in [0.3, 0.4) is 0 Å². The average Bonchev–Trinajstić information content (AvgIpc) is 2.02. The standard InChI is InChI=1S/C10H16O2S/c1-4-5-6-7-13-9(8(2)3)10(11)12/h1,8-9H,5-7H2,2-3H3,(H,11,12). The normalized spacial score (nSPS) is 12.5. The summed E-state index contributed by atoms with van der Waals surface area (Å²) in [6.45, 7) is 3.85. The highest BCUT2D eigenvalue weighted by Gasteiger charge is 2.20. The summed E-state index contributed by atoms with van der Waals surface area (Å²) in [5.74, 6) is 2.82. The molecular weight excluding hydrogens is 184 g/mol. The van der Waals surface area contributed by atoms with E-state index in [9.17, 15) is 4.79 Å². The SMILES string of the molecule is C#CCCCSC(C(=O)O)C(C)C. The molecule has 0 bridgehead atoms. The second-order valence-electron chi connectivity index (χ2n) is 3.18. The lowest BCUT2D eigenvalue weighted by Crippen LogP contribution is -2.22. The molecule has 0 radical (unpaired) electrons. The van der Waals surface area contributed by atoms with Crippen molar-refractivity contribution in [1.82, 2.24) is 0 Å². The van der Waals surface area contributed by atoms with E-state index < -0.39 is 5.97 Å².